The topological polar surface area (TPSA) is 15.3 Å². The van der Waals surface area contributed by atoms with Crippen LogP contribution in [-0.4, -0.2) is 31.1 Å². The maximum absolute atomic E-state index is 4.17. The molecule has 2 nitrogen and oxygen atoms in total. The fourth-order valence-corrected chi connectivity index (χ4v) is 2.55. The highest BCUT2D eigenvalue weighted by molar-refractivity contribution is 5.06. The summed E-state index contributed by atoms with van der Waals surface area (Å²) in [5, 5.41) is 3.62. The van der Waals surface area contributed by atoms with Crippen LogP contribution in [0.15, 0.2) is 12.3 Å². The van der Waals surface area contributed by atoms with Crippen LogP contribution in [0.4, 0.5) is 0 Å². The summed E-state index contributed by atoms with van der Waals surface area (Å²) >= 11 is 0. The van der Waals surface area contributed by atoms with Gasteiger partial charge in [-0.15, -0.1) is 0 Å². The molecule has 0 spiro atoms. The Balaban J connectivity index is 1.71. The molecule has 0 aromatic rings. The number of likely N-dealkylation sites (tertiary alicyclic amines) is 1. The van der Waals surface area contributed by atoms with Crippen molar-refractivity contribution >= 4 is 0 Å². The summed E-state index contributed by atoms with van der Waals surface area (Å²) in [4.78, 5) is 2.35. The molecular weight excluding hydrogens is 172 g/mol. The molecule has 1 aliphatic heterocycles. The Hall–Kier alpha value is -0.500. The predicted molar refractivity (Wildman–Crippen MR) is 60.1 cm³/mol. The van der Waals surface area contributed by atoms with Crippen LogP contribution in [0, 0.1) is 5.92 Å². The van der Waals surface area contributed by atoms with Gasteiger partial charge in [-0.3, -0.25) is 0 Å². The SMILES string of the molecule is C=C(NC1CCCCC1)C1CN(C)C1. The van der Waals surface area contributed by atoms with Crippen molar-refractivity contribution in [1.82, 2.24) is 10.2 Å². The number of nitrogens with zero attached hydrogens (tertiary/aromatic N) is 1. The van der Waals surface area contributed by atoms with Crippen LogP contribution in [0.3, 0.4) is 0 Å². The molecule has 0 aromatic heterocycles. The van der Waals surface area contributed by atoms with Gasteiger partial charge in [-0.1, -0.05) is 25.8 Å². The molecular formula is C12H22N2. The Kier molecular flexibility index (Phi) is 3.12. The number of hydrogen-bond donors (Lipinski definition) is 1. The minimum absolute atomic E-state index is 0.710. The zero-order valence-corrected chi connectivity index (χ0v) is 9.26. The van der Waals surface area contributed by atoms with Gasteiger partial charge >= 0.3 is 0 Å². The molecule has 0 unspecified atom stereocenters. The Morgan fingerprint density at radius 1 is 1.21 bits per heavy atom. The van der Waals surface area contributed by atoms with Crippen molar-refractivity contribution in [2.24, 2.45) is 5.92 Å². The largest absolute Gasteiger partial charge is 0.386 e. The third-order valence-corrected chi connectivity index (χ3v) is 3.55. The van der Waals surface area contributed by atoms with Gasteiger partial charge in [0, 0.05) is 30.7 Å². The van der Waals surface area contributed by atoms with E-state index in [0.717, 1.165) is 6.04 Å². The second-order valence-electron chi connectivity index (χ2n) is 4.92. The van der Waals surface area contributed by atoms with E-state index in [9.17, 15) is 0 Å². The number of rotatable bonds is 3. The average molecular weight is 194 g/mol. The van der Waals surface area contributed by atoms with Crippen molar-refractivity contribution in [3.8, 4) is 0 Å². The molecule has 1 aliphatic carbocycles. The second-order valence-corrected chi connectivity index (χ2v) is 4.92. The van der Waals surface area contributed by atoms with Crippen molar-refractivity contribution in [1.29, 1.82) is 0 Å². The normalized spacial score (nSPS) is 25.8. The van der Waals surface area contributed by atoms with Gasteiger partial charge in [-0.25, -0.2) is 0 Å². The molecule has 0 aromatic carbocycles. The molecule has 2 heteroatoms. The zero-order chi connectivity index (χ0) is 9.97. The van der Waals surface area contributed by atoms with Gasteiger partial charge in [0.1, 0.15) is 0 Å². The molecule has 0 atom stereocenters. The summed E-state index contributed by atoms with van der Waals surface area (Å²) in [6.45, 7) is 6.55. The van der Waals surface area contributed by atoms with Crippen LogP contribution in [0.25, 0.3) is 0 Å². The number of nitrogens with one attached hydrogen (secondary N) is 1. The smallest absolute Gasteiger partial charge is 0.0258 e. The fourth-order valence-electron chi connectivity index (χ4n) is 2.55. The van der Waals surface area contributed by atoms with E-state index < -0.39 is 0 Å². The van der Waals surface area contributed by atoms with E-state index >= 15 is 0 Å². The van der Waals surface area contributed by atoms with Crippen molar-refractivity contribution in [3.05, 3.63) is 12.3 Å². The van der Waals surface area contributed by atoms with Crippen molar-refractivity contribution in [3.63, 3.8) is 0 Å². The monoisotopic (exact) mass is 194 g/mol. The lowest BCUT2D eigenvalue weighted by atomic mass is 9.92. The molecule has 2 fully saturated rings. The van der Waals surface area contributed by atoms with Crippen LogP contribution in [-0.2, 0) is 0 Å². The van der Waals surface area contributed by atoms with Gasteiger partial charge in [0.05, 0.1) is 0 Å². The molecule has 0 bridgehead atoms. The van der Waals surface area contributed by atoms with Gasteiger partial charge in [0.2, 0.25) is 0 Å². The van der Waals surface area contributed by atoms with E-state index in [1.165, 1.54) is 50.9 Å². The Morgan fingerprint density at radius 2 is 1.86 bits per heavy atom. The standard InChI is InChI=1S/C12H22N2/c1-10(11-8-14(2)9-11)13-12-6-4-3-5-7-12/h11-13H,1,3-9H2,2H3. The highest BCUT2D eigenvalue weighted by atomic mass is 15.2. The molecule has 2 aliphatic rings. The Bertz CT molecular complexity index is 200. The van der Waals surface area contributed by atoms with E-state index in [2.05, 4.69) is 23.8 Å². The Labute approximate surface area is 87.4 Å². The maximum Gasteiger partial charge on any atom is 0.0258 e. The first kappa shape index (κ1) is 10.0. The summed E-state index contributed by atoms with van der Waals surface area (Å²) < 4.78 is 0. The lowest BCUT2D eigenvalue weighted by Crippen LogP contribution is -2.48. The second kappa shape index (κ2) is 4.35. The van der Waals surface area contributed by atoms with E-state index in [-0.39, 0.29) is 0 Å². The molecule has 80 valence electrons. The van der Waals surface area contributed by atoms with Crippen molar-refractivity contribution in [2.45, 2.75) is 38.1 Å². The zero-order valence-electron chi connectivity index (χ0n) is 9.26. The maximum atomic E-state index is 4.17. The van der Waals surface area contributed by atoms with Gasteiger partial charge in [0.15, 0.2) is 0 Å². The lowest BCUT2D eigenvalue weighted by Gasteiger charge is -2.39. The predicted octanol–water partition coefficient (Wildman–Crippen LogP) is 1.98. The summed E-state index contributed by atoms with van der Waals surface area (Å²) in [7, 11) is 2.17. The van der Waals surface area contributed by atoms with E-state index in [1.54, 1.807) is 0 Å². The highest BCUT2D eigenvalue weighted by Crippen LogP contribution is 2.23. The third kappa shape index (κ3) is 2.30. The first-order valence-corrected chi connectivity index (χ1v) is 5.89. The van der Waals surface area contributed by atoms with Crippen LogP contribution in [0.1, 0.15) is 32.1 Å². The minimum Gasteiger partial charge on any atom is -0.386 e. The van der Waals surface area contributed by atoms with E-state index in [1.807, 2.05) is 0 Å². The first-order valence-electron chi connectivity index (χ1n) is 5.89. The molecule has 1 saturated carbocycles. The van der Waals surface area contributed by atoms with Crippen LogP contribution >= 0.6 is 0 Å². The number of hydrogen-bond acceptors (Lipinski definition) is 2. The van der Waals surface area contributed by atoms with Gasteiger partial charge in [-0.2, -0.15) is 0 Å². The molecule has 0 radical (unpaired) electrons. The van der Waals surface area contributed by atoms with Crippen LogP contribution in [0.5, 0.6) is 0 Å². The van der Waals surface area contributed by atoms with E-state index in [4.69, 9.17) is 0 Å². The first-order chi connectivity index (χ1) is 6.75. The van der Waals surface area contributed by atoms with Crippen molar-refractivity contribution in [2.75, 3.05) is 20.1 Å². The molecule has 2 rings (SSSR count). The minimum atomic E-state index is 0.710. The summed E-state index contributed by atoms with van der Waals surface area (Å²) in [5.41, 5.74) is 1.29. The van der Waals surface area contributed by atoms with Crippen molar-refractivity contribution < 1.29 is 0 Å². The molecule has 1 saturated heterocycles. The van der Waals surface area contributed by atoms with Crippen LogP contribution < -0.4 is 5.32 Å². The summed E-state index contributed by atoms with van der Waals surface area (Å²) in [5.74, 6) is 0.710. The third-order valence-electron chi connectivity index (χ3n) is 3.55. The van der Waals surface area contributed by atoms with E-state index in [0.29, 0.717) is 5.92 Å². The van der Waals surface area contributed by atoms with Gasteiger partial charge in [0.25, 0.3) is 0 Å². The quantitative estimate of drug-likeness (QED) is 0.739. The average Bonchev–Trinajstić information content (AvgIpc) is 2.14. The highest BCUT2D eigenvalue weighted by Gasteiger charge is 2.26. The summed E-state index contributed by atoms with van der Waals surface area (Å²) in [6.07, 6.45) is 6.92. The summed E-state index contributed by atoms with van der Waals surface area (Å²) in [6, 6.07) is 0.724. The fraction of sp³-hybridized carbons (Fsp3) is 0.833. The Morgan fingerprint density at radius 3 is 2.43 bits per heavy atom. The van der Waals surface area contributed by atoms with Gasteiger partial charge in [-0.05, 0) is 19.9 Å². The molecule has 0 amide bonds. The van der Waals surface area contributed by atoms with Gasteiger partial charge < -0.3 is 10.2 Å². The molecule has 1 heterocycles. The van der Waals surface area contributed by atoms with Crippen LogP contribution in [0.2, 0.25) is 0 Å². The molecule has 14 heavy (non-hydrogen) atoms. The lowest BCUT2D eigenvalue weighted by molar-refractivity contribution is 0.152. The molecule has 1 N–H and O–H groups in total.